The van der Waals surface area contributed by atoms with Gasteiger partial charge >= 0.3 is 0 Å². The molecule has 0 N–H and O–H groups in total. The summed E-state index contributed by atoms with van der Waals surface area (Å²) in [6.45, 7) is 0. The Morgan fingerprint density at radius 2 is 0.446 bits per heavy atom. The van der Waals surface area contributed by atoms with Crippen molar-refractivity contribution in [3.63, 3.8) is 0 Å². The van der Waals surface area contributed by atoms with E-state index in [2.05, 4.69) is 210 Å². The van der Waals surface area contributed by atoms with Crippen LogP contribution in [0.2, 0.25) is 0 Å². The predicted molar refractivity (Wildman–Crippen MR) is 279 cm³/mol. The van der Waals surface area contributed by atoms with Crippen molar-refractivity contribution in [3.05, 3.63) is 194 Å². The Kier molecular flexibility index (Phi) is 5.27. The Hall–Kier alpha value is -8.25. The van der Waals surface area contributed by atoms with Crippen molar-refractivity contribution in [2.24, 2.45) is 0 Å². The molecule has 18 rings (SSSR count). The molecule has 298 valence electrons. The molecule has 5 heteroatoms. The minimum atomic E-state index is -2.67. The van der Waals surface area contributed by atoms with Gasteiger partial charge in [0.25, 0.3) is 0 Å². The van der Waals surface area contributed by atoms with E-state index in [4.69, 9.17) is 0 Å². The van der Waals surface area contributed by atoms with Crippen LogP contribution in [0.4, 0.5) is 0 Å². The van der Waals surface area contributed by atoms with Crippen molar-refractivity contribution < 1.29 is 0 Å². The van der Waals surface area contributed by atoms with Gasteiger partial charge in [-0.25, -0.2) is 0 Å². The summed E-state index contributed by atoms with van der Waals surface area (Å²) in [7, 11) is -2.67. The highest BCUT2D eigenvalue weighted by Crippen LogP contribution is 2.71. The third kappa shape index (κ3) is 3.34. The number of hydrogen-bond acceptors (Lipinski definition) is 0. The van der Waals surface area contributed by atoms with E-state index in [1.54, 1.807) is 0 Å². The Morgan fingerprint density at radius 3 is 0.723 bits per heavy atom. The van der Waals surface area contributed by atoms with Gasteiger partial charge in [-0.1, -0.05) is 170 Å². The van der Waals surface area contributed by atoms with Crippen LogP contribution in [0.25, 0.3) is 152 Å². The van der Waals surface area contributed by atoms with Gasteiger partial charge in [-0.2, -0.15) is 0 Å². The standard InChI is InChI=1S/C60H32N4S/c1-5-13-39-33(9-1)21-29-47-53(39)43-25-17-37-18-26-44-54-40-14-6-2-10-34(40)22-30-48(54)62-58(44)51(37)57(43)61(47)65(62)63-49-31-23-35-11-3-7-15-41(35)55(49)45-27-19-38-20-28-46-56-42-16-8-4-12-36(42)24-32-50(56)64(65)60(46)52(38)59(45)63/h1-32H. The molecule has 4 aromatic heterocycles. The highest BCUT2D eigenvalue weighted by molar-refractivity contribution is 8.29. The van der Waals surface area contributed by atoms with Gasteiger partial charge < -0.3 is 0 Å². The van der Waals surface area contributed by atoms with Crippen LogP contribution in [0.15, 0.2) is 194 Å². The van der Waals surface area contributed by atoms with Crippen molar-refractivity contribution in [3.8, 4) is 0 Å². The van der Waals surface area contributed by atoms with Crippen LogP contribution in [0.3, 0.4) is 0 Å². The molecule has 0 amide bonds. The molecule has 0 aliphatic carbocycles. The average molecular weight is 841 g/mol. The monoisotopic (exact) mass is 840 g/mol. The zero-order chi connectivity index (χ0) is 41.6. The fraction of sp³-hybridized carbons (Fsp3) is 0. The minimum Gasteiger partial charge on any atom is -0.253 e. The summed E-state index contributed by atoms with van der Waals surface area (Å²) in [5, 5.41) is 25.9. The summed E-state index contributed by atoms with van der Waals surface area (Å²) in [5.41, 5.74) is 10.3. The molecule has 4 nitrogen and oxygen atoms in total. The summed E-state index contributed by atoms with van der Waals surface area (Å²) in [4.78, 5) is 0. The lowest BCUT2D eigenvalue weighted by Crippen LogP contribution is -2.34. The highest BCUT2D eigenvalue weighted by atomic mass is 32.3. The fourth-order valence-electron chi connectivity index (χ4n) is 13.3. The number of rotatable bonds is 0. The smallest absolute Gasteiger partial charge is 0.102 e. The second-order valence-electron chi connectivity index (χ2n) is 18.4. The van der Waals surface area contributed by atoms with Gasteiger partial charge in [0.15, 0.2) is 0 Å². The lowest BCUT2D eigenvalue weighted by molar-refractivity contribution is 1.09. The maximum absolute atomic E-state index is 2.88. The van der Waals surface area contributed by atoms with E-state index in [1.165, 1.54) is 152 Å². The van der Waals surface area contributed by atoms with Crippen molar-refractivity contribution in [2.75, 3.05) is 0 Å². The van der Waals surface area contributed by atoms with Crippen molar-refractivity contribution in [2.45, 2.75) is 0 Å². The van der Waals surface area contributed by atoms with Crippen LogP contribution in [0.1, 0.15) is 0 Å². The van der Waals surface area contributed by atoms with Gasteiger partial charge in [0.2, 0.25) is 0 Å². The van der Waals surface area contributed by atoms with Crippen LogP contribution in [0.5, 0.6) is 0 Å². The zero-order valence-electron chi connectivity index (χ0n) is 34.7. The van der Waals surface area contributed by atoms with Crippen molar-refractivity contribution in [1.29, 1.82) is 0 Å². The largest absolute Gasteiger partial charge is 0.253 e. The maximum Gasteiger partial charge on any atom is 0.102 e. The number of hydrogen-bond donors (Lipinski definition) is 0. The summed E-state index contributed by atoms with van der Waals surface area (Å²) < 4.78 is 11.5. The lowest BCUT2D eigenvalue weighted by atomic mass is 9.99. The van der Waals surface area contributed by atoms with Gasteiger partial charge in [0, 0.05) is 53.9 Å². The van der Waals surface area contributed by atoms with E-state index in [1.807, 2.05) is 0 Å². The first-order valence-corrected chi connectivity index (χ1v) is 24.1. The Morgan fingerprint density at radius 1 is 0.200 bits per heavy atom. The van der Waals surface area contributed by atoms with Crippen LogP contribution in [-0.2, 0) is 0 Å². The van der Waals surface area contributed by atoms with Crippen molar-refractivity contribution >= 4 is 163 Å². The molecule has 2 aliphatic rings. The molecule has 0 fully saturated rings. The third-order valence-electron chi connectivity index (χ3n) is 15.6. The van der Waals surface area contributed by atoms with Gasteiger partial charge in [0.05, 0.1) is 44.1 Å². The van der Waals surface area contributed by atoms with Crippen LogP contribution < -0.4 is 0 Å². The molecular weight excluding hydrogens is 809 g/mol. The van der Waals surface area contributed by atoms with E-state index in [-0.39, 0.29) is 0 Å². The quantitative estimate of drug-likeness (QED) is 0.145. The summed E-state index contributed by atoms with van der Waals surface area (Å²) in [5.74, 6) is 0. The Balaban J connectivity index is 1.25. The third-order valence-corrected chi connectivity index (χ3v) is 19.1. The SMILES string of the molecule is c1ccc2c(c1)ccc1c2c2ccc3ccc4c5c6ccccc6ccc5n5c4c3c2n1S51n2c3ccc4ccccc4c3c3ccc4ccc5c6c7ccccc7ccc6n1c5c4c32. The van der Waals surface area contributed by atoms with Crippen LogP contribution in [-0.4, -0.2) is 15.9 Å². The molecule has 0 atom stereocenters. The van der Waals surface area contributed by atoms with E-state index in [9.17, 15) is 0 Å². The summed E-state index contributed by atoms with van der Waals surface area (Å²) in [6, 6.07) is 74.6. The topological polar surface area (TPSA) is 19.7 Å². The van der Waals surface area contributed by atoms with Crippen LogP contribution in [0, 0.1) is 0 Å². The summed E-state index contributed by atoms with van der Waals surface area (Å²) in [6.07, 6.45) is 0. The van der Waals surface area contributed by atoms with E-state index < -0.39 is 10.8 Å². The maximum atomic E-state index is 2.88. The van der Waals surface area contributed by atoms with Gasteiger partial charge in [-0.15, -0.1) is 0 Å². The van der Waals surface area contributed by atoms with E-state index >= 15 is 0 Å². The molecule has 0 saturated heterocycles. The van der Waals surface area contributed by atoms with E-state index in [0.29, 0.717) is 0 Å². The molecular formula is C60H32N4S. The molecule has 1 spiro atoms. The highest BCUT2D eigenvalue weighted by Gasteiger charge is 2.48. The second kappa shape index (κ2) is 10.6. The molecule has 65 heavy (non-hydrogen) atoms. The molecule has 0 radical (unpaired) electrons. The molecule has 0 saturated carbocycles. The van der Waals surface area contributed by atoms with Gasteiger partial charge in [-0.3, -0.25) is 15.9 Å². The number of benzene rings is 12. The average Bonchev–Trinajstić information content (AvgIpc) is 4.12. The Labute approximate surface area is 370 Å². The molecule has 6 heterocycles. The van der Waals surface area contributed by atoms with Gasteiger partial charge in [-0.05, 0) is 78.1 Å². The molecule has 0 bridgehead atoms. The molecule has 0 unspecified atom stereocenters. The van der Waals surface area contributed by atoms with E-state index in [0.717, 1.165) is 0 Å². The Bertz CT molecular complexity index is 4390. The first-order valence-electron chi connectivity index (χ1n) is 22.6. The normalized spacial score (nSPS) is 14.8. The van der Waals surface area contributed by atoms with Gasteiger partial charge in [0.1, 0.15) is 10.8 Å². The molecule has 12 aromatic carbocycles. The first kappa shape index (κ1) is 32.4. The number of aromatic nitrogens is 4. The lowest BCUT2D eigenvalue weighted by Gasteiger charge is -2.50. The predicted octanol–water partition coefficient (Wildman–Crippen LogP) is 16.6. The van der Waals surface area contributed by atoms with Crippen LogP contribution >= 0.6 is 10.8 Å². The second-order valence-corrected chi connectivity index (χ2v) is 20.9. The molecule has 2 aliphatic heterocycles. The zero-order valence-corrected chi connectivity index (χ0v) is 35.5. The van der Waals surface area contributed by atoms with Crippen molar-refractivity contribution in [1.82, 2.24) is 15.9 Å². The minimum absolute atomic E-state index is 1.25. The first-order chi connectivity index (χ1) is 32.3. The summed E-state index contributed by atoms with van der Waals surface area (Å²) >= 11 is 0. The number of fused-ring (bicyclic) bond motifs is 24. The number of nitrogens with zero attached hydrogens (tertiary/aromatic N) is 4. The molecule has 16 aromatic rings. The fourth-order valence-corrected chi connectivity index (χ4v) is 17.6.